The van der Waals surface area contributed by atoms with E-state index in [1.807, 2.05) is 4.90 Å². The number of likely N-dealkylation sites (tertiary alicyclic amines) is 1. The monoisotopic (exact) mass is 353 g/mol. The lowest BCUT2D eigenvalue weighted by molar-refractivity contribution is -0.127. The Labute approximate surface area is 152 Å². The highest BCUT2D eigenvalue weighted by Gasteiger charge is 2.19. The van der Waals surface area contributed by atoms with E-state index in [1.54, 1.807) is 0 Å². The fourth-order valence-electron chi connectivity index (χ4n) is 3.29. The Balaban J connectivity index is 1.65. The van der Waals surface area contributed by atoms with Gasteiger partial charge in [-0.25, -0.2) is 0 Å². The van der Waals surface area contributed by atoms with Crippen LogP contribution >= 0.6 is 0 Å². The Morgan fingerprint density at radius 1 is 1.28 bits per heavy atom. The van der Waals surface area contributed by atoms with E-state index in [0.717, 1.165) is 90.8 Å². The summed E-state index contributed by atoms with van der Waals surface area (Å²) in [5, 5.41) is 6.69. The average molecular weight is 354 g/mol. The molecule has 7 nitrogen and oxygen atoms in total. The van der Waals surface area contributed by atoms with Crippen LogP contribution in [0.2, 0.25) is 0 Å². The van der Waals surface area contributed by atoms with Crippen LogP contribution in [0.4, 0.5) is 0 Å². The summed E-state index contributed by atoms with van der Waals surface area (Å²) in [6.45, 7) is 13.4. The third kappa shape index (κ3) is 7.61. The van der Waals surface area contributed by atoms with Crippen molar-refractivity contribution >= 4 is 11.9 Å². The molecule has 1 unspecified atom stereocenters. The number of nitrogens with zero attached hydrogens (tertiary/aromatic N) is 3. The lowest BCUT2D eigenvalue weighted by Crippen LogP contribution is -2.41. The quantitative estimate of drug-likeness (QED) is 0.359. The van der Waals surface area contributed by atoms with Gasteiger partial charge < -0.3 is 20.3 Å². The van der Waals surface area contributed by atoms with Gasteiger partial charge in [-0.3, -0.25) is 14.7 Å². The van der Waals surface area contributed by atoms with Crippen LogP contribution in [0.25, 0.3) is 0 Å². The number of aliphatic imine (C=N–C) groups is 1. The van der Waals surface area contributed by atoms with Crippen molar-refractivity contribution in [3.8, 4) is 0 Å². The first kappa shape index (κ1) is 20.0. The smallest absolute Gasteiger partial charge is 0.222 e. The number of amides is 1. The summed E-state index contributed by atoms with van der Waals surface area (Å²) in [4.78, 5) is 20.7. The molecule has 0 aromatic carbocycles. The molecule has 144 valence electrons. The van der Waals surface area contributed by atoms with Crippen molar-refractivity contribution in [2.24, 2.45) is 10.9 Å². The van der Waals surface area contributed by atoms with E-state index in [4.69, 9.17) is 9.73 Å². The summed E-state index contributed by atoms with van der Waals surface area (Å²) in [6, 6.07) is 0. The van der Waals surface area contributed by atoms with Crippen LogP contribution in [0.3, 0.4) is 0 Å². The van der Waals surface area contributed by atoms with E-state index in [2.05, 4.69) is 29.4 Å². The van der Waals surface area contributed by atoms with Gasteiger partial charge in [0.1, 0.15) is 0 Å². The zero-order valence-electron chi connectivity index (χ0n) is 15.9. The Hall–Kier alpha value is -1.34. The third-order valence-electron chi connectivity index (χ3n) is 4.65. The molecule has 2 fully saturated rings. The first-order chi connectivity index (χ1) is 12.2. The Kier molecular flexibility index (Phi) is 9.04. The molecule has 7 heteroatoms. The van der Waals surface area contributed by atoms with Crippen molar-refractivity contribution in [2.75, 3.05) is 65.6 Å². The highest BCUT2D eigenvalue weighted by atomic mass is 16.5. The van der Waals surface area contributed by atoms with Gasteiger partial charge in [-0.15, -0.1) is 0 Å². The van der Waals surface area contributed by atoms with Gasteiger partial charge in [0.2, 0.25) is 5.91 Å². The Morgan fingerprint density at radius 3 is 2.76 bits per heavy atom. The predicted molar refractivity (Wildman–Crippen MR) is 101 cm³/mol. The SMILES string of the molecule is CCNC(=NCC(C)CN1CCOCC1)NCCCN1CCCC1=O. The minimum Gasteiger partial charge on any atom is -0.379 e. The van der Waals surface area contributed by atoms with Crippen LogP contribution in [0.5, 0.6) is 0 Å². The van der Waals surface area contributed by atoms with E-state index >= 15 is 0 Å². The Morgan fingerprint density at radius 2 is 2.08 bits per heavy atom. The van der Waals surface area contributed by atoms with E-state index in [0.29, 0.717) is 11.8 Å². The van der Waals surface area contributed by atoms with Crippen LogP contribution < -0.4 is 10.6 Å². The number of carbonyl (C=O) groups excluding carboxylic acids is 1. The maximum Gasteiger partial charge on any atom is 0.222 e. The van der Waals surface area contributed by atoms with E-state index in [1.165, 1.54) is 0 Å². The van der Waals surface area contributed by atoms with Crippen LogP contribution in [-0.2, 0) is 9.53 Å². The van der Waals surface area contributed by atoms with Crippen LogP contribution in [0.15, 0.2) is 4.99 Å². The largest absolute Gasteiger partial charge is 0.379 e. The van der Waals surface area contributed by atoms with Crippen LogP contribution in [0.1, 0.15) is 33.1 Å². The maximum atomic E-state index is 11.6. The first-order valence-corrected chi connectivity index (χ1v) is 9.79. The molecule has 2 aliphatic rings. The van der Waals surface area contributed by atoms with E-state index in [-0.39, 0.29) is 0 Å². The second kappa shape index (κ2) is 11.3. The number of morpholine rings is 1. The lowest BCUT2D eigenvalue weighted by atomic mass is 10.1. The molecule has 0 aliphatic carbocycles. The minimum atomic E-state index is 0.303. The molecule has 0 saturated carbocycles. The fraction of sp³-hybridized carbons (Fsp3) is 0.889. The van der Waals surface area contributed by atoms with Crippen molar-refractivity contribution < 1.29 is 9.53 Å². The van der Waals surface area contributed by atoms with Crippen molar-refractivity contribution in [1.82, 2.24) is 20.4 Å². The highest BCUT2D eigenvalue weighted by Crippen LogP contribution is 2.09. The van der Waals surface area contributed by atoms with Crippen LogP contribution in [-0.4, -0.2) is 87.2 Å². The van der Waals surface area contributed by atoms with Gasteiger partial charge in [-0.2, -0.15) is 0 Å². The summed E-state index contributed by atoms with van der Waals surface area (Å²) in [5.41, 5.74) is 0. The molecule has 0 aromatic rings. The van der Waals surface area contributed by atoms with Crippen molar-refractivity contribution in [2.45, 2.75) is 33.1 Å². The molecule has 1 atom stereocenters. The van der Waals surface area contributed by atoms with Gasteiger partial charge in [-0.1, -0.05) is 6.92 Å². The number of guanidine groups is 1. The number of hydrogen-bond acceptors (Lipinski definition) is 4. The van der Waals surface area contributed by atoms with Gasteiger partial charge in [0.15, 0.2) is 5.96 Å². The van der Waals surface area contributed by atoms with Crippen molar-refractivity contribution in [1.29, 1.82) is 0 Å². The molecule has 0 spiro atoms. The van der Waals surface area contributed by atoms with Crippen LogP contribution in [0, 0.1) is 5.92 Å². The highest BCUT2D eigenvalue weighted by molar-refractivity contribution is 5.79. The third-order valence-corrected chi connectivity index (χ3v) is 4.65. The van der Waals surface area contributed by atoms with E-state index in [9.17, 15) is 4.79 Å². The molecule has 2 rings (SSSR count). The molecule has 0 bridgehead atoms. The van der Waals surface area contributed by atoms with Crippen molar-refractivity contribution in [3.63, 3.8) is 0 Å². The lowest BCUT2D eigenvalue weighted by Gasteiger charge is -2.28. The van der Waals surface area contributed by atoms with Gasteiger partial charge in [0.25, 0.3) is 0 Å². The molecule has 25 heavy (non-hydrogen) atoms. The zero-order valence-corrected chi connectivity index (χ0v) is 15.9. The number of carbonyl (C=O) groups is 1. The number of hydrogen-bond donors (Lipinski definition) is 2. The standard InChI is InChI=1S/C18H35N5O2/c1-3-19-18(20-7-5-9-23-8-4-6-17(23)24)21-14-16(2)15-22-10-12-25-13-11-22/h16H,3-15H2,1-2H3,(H2,19,20,21). The van der Waals surface area contributed by atoms with Gasteiger partial charge in [0, 0.05) is 58.8 Å². The molecule has 1 amide bonds. The molecule has 2 aliphatic heterocycles. The first-order valence-electron chi connectivity index (χ1n) is 9.79. The van der Waals surface area contributed by atoms with Gasteiger partial charge in [-0.05, 0) is 25.7 Å². The maximum absolute atomic E-state index is 11.6. The van der Waals surface area contributed by atoms with Crippen molar-refractivity contribution in [3.05, 3.63) is 0 Å². The number of ether oxygens (including phenoxy) is 1. The summed E-state index contributed by atoms with van der Waals surface area (Å²) in [7, 11) is 0. The predicted octanol–water partition coefficient (Wildman–Crippen LogP) is 0.522. The molecule has 2 N–H and O–H groups in total. The molecular weight excluding hydrogens is 318 g/mol. The molecule has 0 radical (unpaired) electrons. The molecule has 2 saturated heterocycles. The summed E-state index contributed by atoms with van der Waals surface area (Å²) >= 11 is 0. The van der Waals surface area contributed by atoms with Gasteiger partial charge >= 0.3 is 0 Å². The second-order valence-corrected chi connectivity index (χ2v) is 7.00. The minimum absolute atomic E-state index is 0.303. The summed E-state index contributed by atoms with van der Waals surface area (Å²) in [5.74, 6) is 1.71. The van der Waals surface area contributed by atoms with E-state index < -0.39 is 0 Å². The molecular formula is C18H35N5O2. The zero-order chi connectivity index (χ0) is 17.9. The number of nitrogens with one attached hydrogen (secondary N) is 2. The fourth-order valence-corrected chi connectivity index (χ4v) is 3.29. The normalized spacial score (nSPS) is 20.8. The average Bonchev–Trinajstić information content (AvgIpc) is 3.02. The topological polar surface area (TPSA) is 69.2 Å². The molecule has 0 aromatic heterocycles. The van der Waals surface area contributed by atoms with Gasteiger partial charge in [0.05, 0.1) is 13.2 Å². The number of rotatable bonds is 9. The second-order valence-electron chi connectivity index (χ2n) is 7.00. The summed E-state index contributed by atoms with van der Waals surface area (Å²) in [6.07, 6.45) is 2.69. The summed E-state index contributed by atoms with van der Waals surface area (Å²) < 4.78 is 5.40. The molecule has 2 heterocycles. The Bertz CT molecular complexity index is 424.